The minimum atomic E-state index is -0.827. The van der Waals surface area contributed by atoms with Crippen molar-refractivity contribution in [3.63, 3.8) is 0 Å². The maximum absolute atomic E-state index is 12.8. The molecule has 212 valence electrons. The maximum atomic E-state index is 12.8. The standard InChI is InChI=1S/C32H29N5O5/c38-30(24-14-8-3-9-15-24)36-28-25-29(34-20-33-28)37(21-35-25)31-26-27(40-17-23-12-6-2-7-13-23)32(42-31,19-41-26)18-39-16-22-10-4-1-5-11-22/h1-15,20-21,26-27,31H,16-19H2,(H,33,34,36,38)/t26-,27+,31-,32+/m1/s1. The molecular formula is C32H29N5O5. The molecule has 2 aliphatic heterocycles. The zero-order valence-corrected chi connectivity index (χ0v) is 22.7. The summed E-state index contributed by atoms with van der Waals surface area (Å²) in [7, 11) is 0. The van der Waals surface area contributed by atoms with Gasteiger partial charge >= 0.3 is 0 Å². The number of anilines is 1. The van der Waals surface area contributed by atoms with Crippen molar-refractivity contribution in [3.05, 3.63) is 120 Å². The number of nitrogens with one attached hydrogen (secondary N) is 1. The van der Waals surface area contributed by atoms with Crippen LogP contribution in [-0.4, -0.2) is 56.4 Å². The monoisotopic (exact) mass is 563 g/mol. The van der Waals surface area contributed by atoms with Crippen LogP contribution in [0, 0.1) is 0 Å². The van der Waals surface area contributed by atoms with Crippen molar-refractivity contribution in [1.82, 2.24) is 19.5 Å². The van der Waals surface area contributed by atoms with E-state index in [9.17, 15) is 4.79 Å². The van der Waals surface area contributed by atoms with Gasteiger partial charge in [0.2, 0.25) is 0 Å². The number of benzene rings is 3. The number of fused-ring (bicyclic) bond motifs is 3. The number of rotatable bonds is 10. The summed E-state index contributed by atoms with van der Waals surface area (Å²) < 4.78 is 27.5. The van der Waals surface area contributed by atoms with Crippen LogP contribution in [0.3, 0.4) is 0 Å². The van der Waals surface area contributed by atoms with Crippen LogP contribution in [0.1, 0.15) is 27.7 Å². The molecule has 2 bridgehead atoms. The van der Waals surface area contributed by atoms with Gasteiger partial charge in [0.25, 0.3) is 5.91 Å². The molecule has 2 fully saturated rings. The highest BCUT2D eigenvalue weighted by Crippen LogP contribution is 2.48. The van der Waals surface area contributed by atoms with Gasteiger partial charge in [-0.05, 0) is 23.3 Å². The summed E-state index contributed by atoms with van der Waals surface area (Å²) in [5.74, 6) is 0.0306. The number of carbonyl (C=O) groups excluding carboxylic acids is 1. The van der Waals surface area contributed by atoms with E-state index < -0.39 is 24.0 Å². The summed E-state index contributed by atoms with van der Waals surface area (Å²) in [6, 6.07) is 29.0. The lowest BCUT2D eigenvalue weighted by Crippen LogP contribution is -2.46. The molecule has 2 aliphatic rings. The average Bonchev–Trinajstić information content (AvgIpc) is 3.71. The fraction of sp³-hybridized carbons (Fsp3) is 0.250. The fourth-order valence-electron chi connectivity index (χ4n) is 5.54. The van der Waals surface area contributed by atoms with E-state index in [1.54, 1.807) is 30.6 Å². The van der Waals surface area contributed by atoms with E-state index in [2.05, 4.69) is 20.3 Å². The fourth-order valence-corrected chi connectivity index (χ4v) is 5.54. The smallest absolute Gasteiger partial charge is 0.256 e. The van der Waals surface area contributed by atoms with Crippen molar-refractivity contribution in [3.8, 4) is 0 Å². The van der Waals surface area contributed by atoms with E-state index in [1.165, 1.54) is 6.33 Å². The van der Waals surface area contributed by atoms with Gasteiger partial charge in [-0.2, -0.15) is 0 Å². The molecule has 0 radical (unpaired) electrons. The molecular weight excluding hydrogens is 534 g/mol. The third-order valence-electron chi connectivity index (χ3n) is 7.60. The van der Waals surface area contributed by atoms with E-state index >= 15 is 0 Å². The summed E-state index contributed by atoms with van der Waals surface area (Å²) in [4.78, 5) is 26.1. The van der Waals surface area contributed by atoms with Gasteiger partial charge in [-0.25, -0.2) is 15.0 Å². The summed E-state index contributed by atoms with van der Waals surface area (Å²) in [6.45, 7) is 1.47. The van der Waals surface area contributed by atoms with E-state index in [0.29, 0.717) is 42.4 Å². The first-order chi connectivity index (χ1) is 20.7. The lowest BCUT2D eigenvalue weighted by Gasteiger charge is -2.31. The zero-order chi connectivity index (χ0) is 28.4. The molecule has 0 spiro atoms. The third-order valence-corrected chi connectivity index (χ3v) is 7.60. The molecule has 42 heavy (non-hydrogen) atoms. The Labute approximate surface area is 242 Å². The molecule has 2 saturated heterocycles. The molecule has 1 amide bonds. The predicted octanol–water partition coefficient (Wildman–Crippen LogP) is 4.55. The quantitative estimate of drug-likeness (QED) is 0.264. The highest BCUT2D eigenvalue weighted by molar-refractivity contribution is 6.06. The molecule has 0 saturated carbocycles. The number of hydrogen-bond donors (Lipinski definition) is 1. The number of imidazole rings is 1. The molecule has 3 aromatic carbocycles. The van der Waals surface area contributed by atoms with E-state index in [4.69, 9.17) is 18.9 Å². The Kier molecular flexibility index (Phi) is 7.18. The molecule has 1 N–H and O–H groups in total. The highest BCUT2D eigenvalue weighted by Gasteiger charge is 2.63. The number of ether oxygens (including phenoxy) is 4. The number of carbonyl (C=O) groups is 1. The lowest BCUT2D eigenvalue weighted by atomic mass is 10.00. The largest absolute Gasteiger partial charge is 0.374 e. The van der Waals surface area contributed by atoms with Crippen LogP contribution in [0.2, 0.25) is 0 Å². The zero-order valence-electron chi connectivity index (χ0n) is 22.7. The second-order valence-corrected chi connectivity index (χ2v) is 10.4. The van der Waals surface area contributed by atoms with Crippen molar-refractivity contribution in [1.29, 1.82) is 0 Å². The van der Waals surface area contributed by atoms with Crippen molar-refractivity contribution in [2.75, 3.05) is 18.5 Å². The Morgan fingerprint density at radius 1 is 0.905 bits per heavy atom. The van der Waals surface area contributed by atoms with E-state index in [-0.39, 0.29) is 12.5 Å². The molecule has 0 aliphatic carbocycles. The van der Waals surface area contributed by atoms with Gasteiger partial charge in [0.15, 0.2) is 23.2 Å². The van der Waals surface area contributed by atoms with Crippen LogP contribution in [-0.2, 0) is 32.2 Å². The van der Waals surface area contributed by atoms with Gasteiger partial charge in [0, 0.05) is 5.56 Å². The summed E-state index contributed by atoms with van der Waals surface area (Å²) in [5, 5.41) is 2.85. The first-order valence-electron chi connectivity index (χ1n) is 13.8. The van der Waals surface area contributed by atoms with Crippen molar-refractivity contribution in [2.45, 2.75) is 37.3 Å². The topological polar surface area (TPSA) is 110 Å². The minimum Gasteiger partial charge on any atom is -0.374 e. The molecule has 2 aromatic heterocycles. The van der Waals surface area contributed by atoms with E-state index in [0.717, 1.165) is 11.1 Å². The van der Waals surface area contributed by atoms with Gasteiger partial charge in [0.05, 0.1) is 32.8 Å². The van der Waals surface area contributed by atoms with Crippen molar-refractivity contribution < 1.29 is 23.7 Å². The number of aromatic nitrogens is 4. The van der Waals surface area contributed by atoms with Crippen LogP contribution in [0.25, 0.3) is 11.2 Å². The van der Waals surface area contributed by atoms with Crippen LogP contribution in [0.15, 0.2) is 104 Å². The van der Waals surface area contributed by atoms with Crippen LogP contribution in [0.4, 0.5) is 5.82 Å². The summed E-state index contributed by atoms with van der Waals surface area (Å²) >= 11 is 0. The first-order valence-corrected chi connectivity index (χ1v) is 13.8. The van der Waals surface area contributed by atoms with Gasteiger partial charge in [-0.15, -0.1) is 0 Å². The lowest BCUT2D eigenvalue weighted by molar-refractivity contribution is -0.195. The Bertz CT molecular complexity index is 1670. The van der Waals surface area contributed by atoms with Crippen molar-refractivity contribution >= 4 is 22.9 Å². The summed E-state index contributed by atoms with van der Waals surface area (Å²) in [6.07, 6.45) is 1.65. The normalized spacial score (nSPS) is 22.9. The Hall–Kier alpha value is -4.48. The van der Waals surface area contributed by atoms with Gasteiger partial charge in [-0.3, -0.25) is 9.36 Å². The number of hydrogen-bond acceptors (Lipinski definition) is 8. The molecule has 10 nitrogen and oxygen atoms in total. The predicted molar refractivity (Wildman–Crippen MR) is 153 cm³/mol. The number of nitrogens with zero attached hydrogens (tertiary/aromatic N) is 4. The number of amides is 1. The molecule has 4 heterocycles. The van der Waals surface area contributed by atoms with Gasteiger partial charge in [0.1, 0.15) is 24.1 Å². The molecule has 0 unspecified atom stereocenters. The average molecular weight is 564 g/mol. The Balaban J connectivity index is 1.15. The first kappa shape index (κ1) is 26.4. The molecule has 10 heteroatoms. The van der Waals surface area contributed by atoms with Crippen LogP contribution >= 0.6 is 0 Å². The summed E-state index contributed by atoms with van der Waals surface area (Å²) in [5.41, 5.74) is 2.78. The molecule has 7 rings (SSSR count). The van der Waals surface area contributed by atoms with E-state index in [1.807, 2.05) is 71.3 Å². The Morgan fingerprint density at radius 2 is 1.60 bits per heavy atom. The second-order valence-electron chi connectivity index (χ2n) is 10.4. The van der Waals surface area contributed by atoms with Gasteiger partial charge in [-0.1, -0.05) is 78.9 Å². The molecule has 4 atom stereocenters. The Morgan fingerprint density at radius 3 is 2.33 bits per heavy atom. The third kappa shape index (κ3) is 5.05. The molecule has 5 aromatic rings. The highest BCUT2D eigenvalue weighted by atomic mass is 16.7. The van der Waals surface area contributed by atoms with Crippen molar-refractivity contribution in [2.24, 2.45) is 0 Å². The maximum Gasteiger partial charge on any atom is 0.256 e. The van der Waals surface area contributed by atoms with Crippen LogP contribution < -0.4 is 5.32 Å². The second kappa shape index (κ2) is 11.4. The SMILES string of the molecule is O=C(Nc1ncnc2c1ncn2[C@@H]1O[C@@]2(COCc3ccccc3)CO[C@@H]1[C@@H]2OCc1ccccc1)c1ccccc1. The van der Waals surface area contributed by atoms with Gasteiger partial charge < -0.3 is 24.3 Å². The minimum absolute atomic E-state index is 0.284. The van der Waals surface area contributed by atoms with Crippen LogP contribution in [0.5, 0.6) is 0 Å².